The van der Waals surface area contributed by atoms with Crippen molar-refractivity contribution in [1.82, 2.24) is 9.13 Å². The van der Waals surface area contributed by atoms with Gasteiger partial charge in [0.05, 0.1) is 0 Å². The van der Waals surface area contributed by atoms with E-state index < -0.39 is 11.2 Å². The average molecular weight is 298 g/mol. The predicted molar refractivity (Wildman–Crippen MR) is 84.6 cm³/mol. The quantitative estimate of drug-likeness (QED) is 0.643. The summed E-state index contributed by atoms with van der Waals surface area (Å²) in [6.45, 7) is 5.10. The summed E-state index contributed by atoms with van der Waals surface area (Å²) in [4.78, 5) is 24.2. The van der Waals surface area contributed by atoms with Crippen LogP contribution in [0.25, 0.3) is 0 Å². The van der Waals surface area contributed by atoms with E-state index in [1.807, 2.05) is 13.8 Å². The lowest BCUT2D eigenvalue weighted by molar-refractivity contribution is 0.258. The molecule has 21 heavy (non-hydrogen) atoms. The first-order chi connectivity index (χ1) is 9.97. The third-order valence-corrected chi connectivity index (χ3v) is 3.71. The van der Waals surface area contributed by atoms with Crippen LogP contribution in [-0.4, -0.2) is 27.4 Å². The van der Waals surface area contributed by atoms with Crippen LogP contribution in [-0.2, 0) is 13.6 Å². The first kappa shape index (κ1) is 17.3. The summed E-state index contributed by atoms with van der Waals surface area (Å²) in [5, 5.41) is 12.1. The summed E-state index contributed by atoms with van der Waals surface area (Å²) in [7, 11) is 1.45. The molecule has 0 aliphatic carbocycles. The summed E-state index contributed by atoms with van der Waals surface area (Å²) in [5.41, 5.74) is 5.44. The SMILES string of the molecule is CCCn1c(N)c(NCC(CC)CCO)c(=O)n(C)c1=O. The van der Waals surface area contributed by atoms with Crippen molar-refractivity contribution in [2.75, 3.05) is 24.2 Å². The van der Waals surface area contributed by atoms with Crippen molar-refractivity contribution in [2.45, 2.75) is 39.7 Å². The molecule has 0 bridgehead atoms. The number of hydrogen-bond donors (Lipinski definition) is 3. The van der Waals surface area contributed by atoms with Gasteiger partial charge in [-0.05, 0) is 18.8 Å². The molecule has 0 saturated carbocycles. The summed E-state index contributed by atoms with van der Waals surface area (Å²) < 4.78 is 2.48. The topological polar surface area (TPSA) is 102 Å². The number of aliphatic hydroxyl groups excluding tert-OH is 1. The molecular formula is C14H26N4O3. The monoisotopic (exact) mass is 298 g/mol. The van der Waals surface area contributed by atoms with Gasteiger partial charge < -0.3 is 16.2 Å². The Balaban J connectivity index is 3.12. The zero-order valence-corrected chi connectivity index (χ0v) is 13.1. The van der Waals surface area contributed by atoms with E-state index in [0.29, 0.717) is 19.5 Å². The molecule has 0 amide bonds. The second-order valence-electron chi connectivity index (χ2n) is 5.23. The van der Waals surface area contributed by atoms with E-state index in [1.165, 1.54) is 11.6 Å². The fourth-order valence-electron chi connectivity index (χ4n) is 2.27. The minimum absolute atomic E-state index is 0.114. The Kier molecular flexibility index (Phi) is 6.48. The first-order valence-corrected chi connectivity index (χ1v) is 7.41. The van der Waals surface area contributed by atoms with Gasteiger partial charge in [0, 0.05) is 26.7 Å². The van der Waals surface area contributed by atoms with Gasteiger partial charge in [0.25, 0.3) is 5.56 Å². The van der Waals surface area contributed by atoms with Gasteiger partial charge in [0.2, 0.25) is 0 Å². The van der Waals surface area contributed by atoms with Crippen LogP contribution in [0.3, 0.4) is 0 Å². The van der Waals surface area contributed by atoms with Crippen molar-refractivity contribution >= 4 is 11.5 Å². The molecule has 7 nitrogen and oxygen atoms in total. The van der Waals surface area contributed by atoms with Crippen LogP contribution in [0.4, 0.5) is 11.5 Å². The predicted octanol–water partition coefficient (Wildman–Crippen LogP) is 0.360. The highest BCUT2D eigenvalue weighted by Gasteiger charge is 2.15. The number of hydrogen-bond acceptors (Lipinski definition) is 5. The molecule has 7 heteroatoms. The van der Waals surface area contributed by atoms with E-state index in [4.69, 9.17) is 10.8 Å². The molecule has 0 fully saturated rings. The second kappa shape index (κ2) is 7.87. The van der Waals surface area contributed by atoms with Crippen LogP contribution in [0.15, 0.2) is 9.59 Å². The Morgan fingerprint density at radius 3 is 2.52 bits per heavy atom. The Morgan fingerprint density at radius 1 is 1.33 bits per heavy atom. The molecule has 1 rings (SSSR count). The van der Waals surface area contributed by atoms with Gasteiger partial charge >= 0.3 is 5.69 Å². The Hall–Kier alpha value is -1.76. The molecular weight excluding hydrogens is 272 g/mol. The zero-order chi connectivity index (χ0) is 16.0. The third kappa shape index (κ3) is 3.87. The van der Waals surface area contributed by atoms with E-state index in [2.05, 4.69) is 5.32 Å². The molecule has 1 heterocycles. The van der Waals surface area contributed by atoms with E-state index in [1.54, 1.807) is 0 Å². The number of nitrogen functional groups attached to an aromatic ring is 1. The number of rotatable bonds is 8. The molecule has 120 valence electrons. The lowest BCUT2D eigenvalue weighted by Crippen LogP contribution is -2.41. The van der Waals surface area contributed by atoms with Crippen molar-refractivity contribution in [3.05, 3.63) is 20.8 Å². The molecule has 1 unspecified atom stereocenters. The summed E-state index contributed by atoms with van der Waals surface area (Å²) in [6, 6.07) is 0. The fourth-order valence-corrected chi connectivity index (χ4v) is 2.27. The largest absolute Gasteiger partial charge is 0.396 e. The van der Waals surface area contributed by atoms with Crippen molar-refractivity contribution in [3.63, 3.8) is 0 Å². The van der Waals surface area contributed by atoms with Crippen molar-refractivity contribution < 1.29 is 5.11 Å². The molecule has 1 aromatic rings. The third-order valence-electron chi connectivity index (χ3n) is 3.71. The Bertz CT molecular complexity index is 577. The van der Waals surface area contributed by atoms with Gasteiger partial charge in [-0.1, -0.05) is 20.3 Å². The standard InChI is InChI=1S/C14H26N4O3/c1-4-7-18-12(15)11(13(20)17(3)14(18)21)16-9-10(5-2)6-8-19/h10,16,19H,4-9,15H2,1-3H3. The molecule has 0 saturated heterocycles. The van der Waals surface area contributed by atoms with Crippen LogP contribution in [0, 0.1) is 5.92 Å². The summed E-state index contributed by atoms with van der Waals surface area (Å²) in [5.74, 6) is 0.439. The maximum Gasteiger partial charge on any atom is 0.332 e. The lowest BCUT2D eigenvalue weighted by Gasteiger charge is -2.18. The minimum atomic E-state index is -0.413. The lowest BCUT2D eigenvalue weighted by atomic mass is 10.0. The van der Waals surface area contributed by atoms with Crippen molar-refractivity contribution in [3.8, 4) is 0 Å². The van der Waals surface area contributed by atoms with E-state index >= 15 is 0 Å². The minimum Gasteiger partial charge on any atom is -0.396 e. The molecule has 4 N–H and O–H groups in total. The summed E-state index contributed by atoms with van der Waals surface area (Å²) in [6.07, 6.45) is 2.31. The molecule has 0 aliphatic rings. The van der Waals surface area contributed by atoms with Gasteiger partial charge in [-0.25, -0.2) is 4.79 Å². The molecule has 0 aliphatic heterocycles. The average Bonchev–Trinajstić information content (AvgIpc) is 2.48. The van der Waals surface area contributed by atoms with Gasteiger partial charge in [-0.2, -0.15) is 0 Å². The molecule has 1 aromatic heterocycles. The second-order valence-corrected chi connectivity index (χ2v) is 5.23. The number of aromatic nitrogens is 2. The van der Waals surface area contributed by atoms with E-state index in [9.17, 15) is 9.59 Å². The normalized spacial score (nSPS) is 12.4. The van der Waals surface area contributed by atoms with Gasteiger partial charge in [0.1, 0.15) is 11.5 Å². The van der Waals surface area contributed by atoms with Crippen molar-refractivity contribution in [2.24, 2.45) is 13.0 Å². The highest BCUT2D eigenvalue weighted by Crippen LogP contribution is 2.14. The van der Waals surface area contributed by atoms with Crippen molar-refractivity contribution in [1.29, 1.82) is 0 Å². The summed E-state index contributed by atoms with van der Waals surface area (Å²) >= 11 is 0. The first-order valence-electron chi connectivity index (χ1n) is 7.41. The Labute approximate surface area is 124 Å². The zero-order valence-electron chi connectivity index (χ0n) is 13.1. The number of nitrogens with zero attached hydrogens (tertiary/aromatic N) is 2. The van der Waals surface area contributed by atoms with Crippen LogP contribution < -0.4 is 22.3 Å². The number of nitrogens with one attached hydrogen (secondary N) is 1. The number of anilines is 2. The van der Waals surface area contributed by atoms with Crippen LogP contribution >= 0.6 is 0 Å². The highest BCUT2D eigenvalue weighted by molar-refractivity contribution is 5.60. The van der Waals surface area contributed by atoms with Gasteiger partial charge in [0.15, 0.2) is 0 Å². The van der Waals surface area contributed by atoms with Gasteiger partial charge in [-0.15, -0.1) is 0 Å². The van der Waals surface area contributed by atoms with E-state index in [-0.39, 0.29) is 24.0 Å². The maximum absolute atomic E-state index is 12.2. The van der Waals surface area contributed by atoms with E-state index in [0.717, 1.165) is 17.4 Å². The fraction of sp³-hybridized carbons (Fsp3) is 0.714. The highest BCUT2D eigenvalue weighted by atomic mass is 16.3. The van der Waals surface area contributed by atoms with Crippen LogP contribution in [0.2, 0.25) is 0 Å². The van der Waals surface area contributed by atoms with Crippen LogP contribution in [0.5, 0.6) is 0 Å². The van der Waals surface area contributed by atoms with Crippen LogP contribution in [0.1, 0.15) is 33.1 Å². The molecule has 0 spiro atoms. The maximum atomic E-state index is 12.2. The molecule has 0 aromatic carbocycles. The smallest absolute Gasteiger partial charge is 0.332 e. The Morgan fingerprint density at radius 2 is 2.00 bits per heavy atom. The van der Waals surface area contributed by atoms with Gasteiger partial charge in [-0.3, -0.25) is 13.9 Å². The molecule has 1 atom stereocenters. The number of aliphatic hydroxyl groups is 1. The molecule has 0 radical (unpaired) electrons. The number of nitrogens with two attached hydrogens (primary N) is 1.